The number of nitrogens with zero attached hydrogens (tertiary/aromatic N) is 1. The molecule has 0 spiro atoms. The van der Waals surface area contributed by atoms with Gasteiger partial charge < -0.3 is 20.3 Å². The summed E-state index contributed by atoms with van der Waals surface area (Å²) < 4.78 is 4.86. The Morgan fingerprint density at radius 2 is 2.24 bits per heavy atom. The molecule has 2 N–H and O–H groups in total. The monoisotopic (exact) mass is 291 g/mol. The molecule has 2 amide bonds. The summed E-state index contributed by atoms with van der Waals surface area (Å²) in [6.45, 7) is 1.85. The molecule has 1 heterocycles. The van der Waals surface area contributed by atoms with Crippen LogP contribution in [0.2, 0.25) is 0 Å². The number of hydrogen-bond donors (Lipinski definition) is 2. The summed E-state index contributed by atoms with van der Waals surface area (Å²) >= 11 is 0. The van der Waals surface area contributed by atoms with Crippen LogP contribution in [0.15, 0.2) is 18.2 Å². The van der Waals surface area contributed by atoms with Crippen molar-refractivity contribution in [1.82, 2.24) is 10.2 Å². The van der Waals surface area contributed by atoms with Crippen molar-refractivity contribution in [3.05, 3.63) is 29.3 Å². The SMILES string of the molecule is COCCNC(=O)CN(C)C(=O)c1ccc2c(c1)CCN2. The molecule has 0 unspecified atom stereocenters. The molecule has 6 nitrogen and oxygen atoms in total. The average Bonchev–Trinajstić information content (AvgIpc) is 2.94. The predicted molar refractivity (Wildman–Crippen MR) is 80.5 cm³/mol. The lowest BCUT2D eigenvalue weighted by Crippen LogP contribution is -2.39. The molecule has 114 valence electrons. The molecule has 21 heavy (non-hydrogen) atoms. The number of methoxy groups -OCH3 is 1. The Balaban J connectivity index is 1.91. The van der Waals surface area contributed by atoms with Gasteiger partial charge in [-0.15, -0.1) is 0 Å². The van der Waals surface area contributed by atoms with E-state index < -0.39 is 0 Å². The van der Waals surface area contributed by atoms with Gasteiger partial charge in [0, 0.05) is 38.5 Å². The van der Waals surface area contributed by atoms with Crippen molar-refractivity contribution in [1.29, 1.82) is 0 Å². The zero-order valence-electron chi connectivity index (χ0n) is 12.4. The van der Waals surface area contributed by atoms with Crippen molar-refractivity contribution < 1.29 is 14.3 Å². The third-order valence-corrected chi connectivity index (χ3v) is 3.42. The second-order valence-electron chi connectivity index (χ2n) is 5.05. The van der Waals surface area contributed by atoms with Crippen LogP contribution < -0.4 is 10.6 Å². The minimum atomic E-state index is -0.189. The van der Waals surface area contributed by atoms with Crippen molar-refractivity contribution in [2.45, 2.75) is 6.42 Å². The number of carbonyl (C=O) groups excluding carboxylic acids is 2. The van der Waals surface area contributed by atoms with E-state index in [4.69, 9.17) is 4.74 Å². The molecule has 2 rings (SSSR count). The van der Waals surface area contributed by atoms with Gasteiger partial charge in [-0.25, -0.2) is 0 Å². The molecule has 0 radical (unpaired) electrons. The molecule has 0 saturated heterocycles. The molecule has 0 fully saturated rings. The molecule has 0 saturated carbocycles. The summed E-state index contributed by atoms with van der Waals surface area (Å²) in [7, 11) is 3.20. The maximum atomic E-state index is 12.3. The largest absolute Gasteiger partial charge is 0.384 e. The molecule has 1 aliphatic rings. The van der Waals surface area contributed by atoms with Crippen LogP contribution in [-0.2, 0) is 16.0 Å². The summed E-state index contributed by atoms with van der Waals surface area (Å²) in [4.78, 5) is 25.4. The van der Waals surface area contributed by atoms with Gasteiger partial charge in [-0.3, -0.25) is 9.59 Å². The fraction of sp³-hybridized carbons (Fsp3) is 0.467. The van der Waals surface area contributed by atoms with Crippen LogP contribution in [0, 0.1) is 0 Å². The quantitative estimate of drug-likeness (QED) is 0.748. The normalized spacial score (nSPS) is 12.5. The predicted octanol–water partition coefficient (Wildman–Crippen LogP) is 0.489. The first-order chi connectivity index (χ1) is 10.1. The number of ether oxygens (including phenoxy) is 1. The first-order valence-electron chi connectivity index (χ1n) is 6.99. The van der Waals surface area contributed by atoms with Crippen molar-refractivity contribution in [2.24, 2.45) is 0 Å². The Hall–Kier alpha value is -2.08. The Morgan fingerprint density at radius 3 is 3.00 bits per heavy atom. The van der Waals surface area contributed by atoms with E-state index in [-0.39, 0.29) is 18.4 Å². The molecule has 0 aliphatic carbocycles. The zero-order valence-corrected chi connectivity index (χ0v) is 12.4. The topological polar surface area (TPSA) is 70.7 Å². The van der Waals surface area contributed by atoms with Crippen LogP contribution in [0.3, 0.4) is 0 Å². The lowest BCUT2D eigenvalue weighted by atomic mass is 10.1. The number of nitrogens with one attached hydrogen (secondary N) is 2. The lowest BCUT2D eigenvalue weighted by Gasteiger charge is -2.17. The van der Waals surface area contributed by atoms with Crippen LogP contribution in [-0.4, -0.2) is 57.1 Å². The number of likely N-dealkylation sites (N-methyl/N-ethyl adjacent to an activating group) is 1. The number of fused-ring (bicyclic) bond motifs is 1. The second-order valence-corrected chi connectivity index (χ2v) is 5.05. The standard InChI is InChI=1S/C15H21N3O3/c1-18(10-14(19)17-7-8-21-2)15(20)12-3-4-13-11(9-12)5-6-16-13/h3-4,9,16H,5-8,10H2,1-2H3,(H,17,19). The Bertz CT molecular complexity index is 531. The number of carbonyl (C=O) groups is 2. The smallest absolute Gasteiger partial charge is 0.254 e. The number of rotatable bonds is 6. The van der Waals surface area contributed by atoms with Crippen molar-refractivity contribution in [3.63, 3.8) is 0 Å². The number of benzene rings is 1. The average molecular weight is 291 g/mol. The van der Waals surface area contributed by atoms with Gasteiger partial charge in [0.25, 0.3) is 5.91 Å². The van der Waals surface area contributed by atoms with Gasteiger partial charge in [-0.05, 0) is 30.2 Å². The summed E-state index contributed by atoms with van der Waals surface area (Å²) in [6, 6.07) is 5.61. The molecule has 1 aliphatic heterocycles. The molecular weight excluding hydrogens is 270 g/mol. The maximum Gasteiger partial charge on any atom is 0.254 e. The highest BCUT2D eigenvalue weighted by molar-refractivity contribution is 5.97. The molecule has 6 heteroatoms. The molecule has 1 aromatic rings. The van der Waals surface area contributed by atoms with Gasteiger partial charge in [0.05, 0.1) is 13.2 Å². The summed E-state index contributed by atoms with van der Waals surface area (Å²) in [5, 5.41) is 5.95. The molecule has 1 aromatic carbocycles. The molecular formula is C15H21N3O3. The van der Waals surface area contributed by atoms with Crippen molar-refractivity contribution in [2.75, 3.05) is 45.7 Å². The first-order valence-corrected chi connectivity index (χ1v) is 6.99. The number of anilines is 1. The summed E-state index contributed by atoms with van der Waals surface area (Å²) in [5.74, 6) is -0.336. The highest BCUT2D eigenvalue weighted by atomic mass is 16.5. The fourth-order valence-corrected chi connectivity index (χ4v) is 2.29. The Morgan fingerprint density at radius 1 is 1.43 bits per heavy atom. The van der Waals surface area contributed by atoms with Crippen LogP contribution in [0.4, 0.5) is 5.69 Å². The summed E-state index contributed by atoms with van der Waals surface area (Å²) in [6.07, 6.45) is 0.928. The van der Waals surface area contributed by atoms with E-state index in [0.717, 1.165) is 24.2 Å². The van der Waals surface area contributed by atoms with Crippen molar-refractivity contribution in [3.8, 4) is 0 Å². The number of amides is 2. The zero-order chi connectivity index (χ0) is 15.2. The van der Waals surface area contributed by atoms with Gasteiger partial charge >= 0.3 is 0 Å². The number of hydrogen-bond acceptors (Lipinski definition) is 4. The van der Waals surface area contributed by atoms with Crippen LogP contribution in [0.1, 0.15) is 15.9 Å². The highest BCUT2D eigenvalue weighted by Crippen LogP contribution is 2.23. The lowest BCUT2D eigenvalue weighted by molar-refractivity contribution is -0.121. The van der Waals surface area contributed by atoms with E-state index in [9.17, 15) is 9.59 Å². The Kier molecular flexibility index (Phi) is 5.16. The van der Waals surface area contributed by atoms with E-state index in [1.54, 1.807) is 20.2 Å². The minimum absolute atomic E-state index is 0.0396. The first kappa shape index (κ1) is 15.3. The van der Waals surface area contributed by atoms with Gasteiger partial charge in [0.2, 0.25) is 5.91 Å². The van der Waals surface area contributed by atoms with Crippen LogP contribution >= 0.6 is 0 Å². The van der Waals surface area contributed by atoms with E-state index in [1.807, 2.05) is 12.1 Å². The van der Waals surface area contributed by atoms with Gasteiger partial charge in [-0.1, -0.05) is 0 Å². The van der Waals surface area contributed by atoms with Gasteiger partial charge in [0.1, 0.15) is 0 Å². The van der Waals surface area contributed by atoms with Gasteiger partial charge in [0.15, 0.2) is 0 Å². The van der Waals surface area contributed by atoms with E-state index >= 15 is 0 Å². The third-order valence-electron chi connectivity index (χ3n) is 3.42. The molecule has 0 atom stereocenters. The Labute approximate surface area is 124 Å². The van der Waals surface area contributed by atoms with E-state index in [0.29, 0.717) is 18.7 Å². The van der Waals surface area contributed by atoms with E-state index in [2.05, 4.69) is 10.6 Å². The van der Waals surface area contributed by atoms with Gasteiger partial charge in [-0.2, -0.15) is 0 Å². The maximum absolute atomic E-state index is 12.3. The van der Waals surface area contributed by atoms with Crippen LogP contribution in [0.5, 0.6) is 0 Å². The van der Waals surface area contributed by atoms with Crippen LogP contribution in [0.25, 0.3) is 0 Å². The second kappa shape index (κ2) is 7.08. The van der Waals surface area contributed by atoms with Crippen molar-refractivity contribution >= 4 is 17.5 Å². The fourth-order valence-electron chi connectivity index (χ4n) is 2.29. The third kappa shape index (κ3) is 3.95. The summed E-state index contributed by atoms with van der Waals surface area (Å²) in [5.41, 5.74) is 2.86. The highest BCUT2D eigenvalue weighted by Gasteiger charge is 2.17. The molecule has 0 bridgehead atoms. The van der Waals surface area contributed by atoms with E-state index in [1.165, 1.54) is 4.90 Å². The molecule has 0 aromatic heterocycles. The minimum Gasteiger partial charge on any atom is -0.384 e.